The molecule has 0 saturated heterocycles. The average Bonchev–Trinajstić information content (AvgIpc) is 2.59. The van der Waals surface area contributed by atoms with Crippen LogP contribution in [0, 0.1) is 0 Å². The monoisotopic (exact) mass is 465 g/mol. The lowest BCUT2D eigenvalue weighted by Crippen LogP contribution is -2.53. The number of alkyl halides is 3. The van der Waals surface area contributed by atoms with Crippen molar-refractivity contribution in [1.29, 1.82) is 0 Å². The maximum absolute atomic E-state index is 13.6. The Labute approximate surface area is 178 Å². The molecule has 1 aliphatic heterocycles. The average molecular weight is 466 g/mol. The van der Waals surface area contributed by atoms with Crippen molar-refractivity contribution in [1.82, 2.24) is 14.5 Å². The Hall–Kier alpha value is -2.18. The van der Waals surface area contributed by atoms with E-state index >= 15 is 0 Å². The van der Waals surface area contributed by atoms with E-state index in [0.717, 1.165) is 18.2 Å². The van der Waals surface area contributed by atoms with E-state index in [1.807, 2.05) is 0 Å². The zero-order valence-electron chi connectivity index (χ0n) is 16.5. The second-order valence-corrected chi connectivity index (χ2v) is 9.34. The third-order valence-electron chi connectivity index (χ3n) is 4.42. The molecule has 0 amide bonds. The molecular formula is C18H22F3N3O4S2. The highest BCUT2D eigenvalue weighted by molar-refractivity contribution is 7.91. The van der Waals surface area contributed by atoms with E-state index in [0.29, 0.717) is 10.8 Å². The minimum Gasteiger partial charge on any atom is -0.478 e. The van der Waals surface area contributed by atoms with Gasteiger partial charge in [-0.25, -0.2) is 17.5 Å². The number of carboxylic acids is 1. The van der Waals surface area contributed by atoms with E-state index < -0.39 is 56.4 Å². The number of carboxylic acid groups (broad SMARTS) is 1. The first-order chi connectivity index (χ1) is 13.8. The number of nitrogens with zero attached hydrogens (tertiary/aromatic N) is 2. The molecule has 0 radical (unpaired) electrons. The number of nitrogens with one attached hydrogen (secondary N) is 1. The maximum atomic E-state index is 13.6. The molecule has 1 atom stereocenters. The summed E-state index contributed by atoms with van der Waals surface area (Å²) in [6, 6.07) is 3.24. The van der Waals surface area contributed by atoms with Crippen molar-refractivity contribution >= 4 is 39.0 Å². The molecule has 0 aliphatic carbocycles. The number of carbonyl (C=O) groups is 1. The van der Waals surface area contributed by atoms with Gasteiger partial charge in [-0.1, -0.05) is 18.2 Å². The SMILES string of the molecule is CC1NC(=S)N(S(=O)(=O)CCCN(C)C)C(c2ccccc2C(F)(F)F)=C1C(=O)O. The summed E-state index contributed by atoms with van der Waals surface area (Å²) in [6.07, 6.45) is -4.65. The Morgan fingerprint density at radius 2 is 1.90 bits per heavy atom. The second kappa shape index (κ2) is 8.90. The molecule has 0 bridgehead atoms. The van der Waals surface area contributed by atoms with Gasteiger partial charge in [0.15, 0.2) is 5.11 Å². The summed E-state index contributed by atoms with van der Waals surface area (Å²) in [5.41, 5.74) is -2.81. The van der Waals surface area contributed by atoms with E-state index in [4.69, 9.17) is 12.2 Å². The number of hydrogen-bond donors (Lipinski definition) is 2. The largest absolute Gasteiger partial charge is 0.478 e. The van der Waals surface area contributed by atoms with Gasteiger partial charge in [-0.05, 0) is 52.3 Å². The standard InChI is InChI=1S/C18H22F3N3O4S2/c1-11-14(16(25)26)15(12-7-4-5-8-13(12)18(19,20)21)24(17(29)22-11)30(27,28)10-6-9-23(2)3/h4-5,7-8,11H,6,9-10H2,1-3H3,(H,22,29)(H,25,26). The summed E-state index contributed by atoms with van der Waals surface area (Å²) < 4.78 is 67.6. The number of hydrogen-bond acceptors (Lipinski definition) is 5. The van der Waals surface area contributed by atoms with Gasteiger partial charge in [0.05, 0.1) is 28.6 Å². The molecule has 1 heterocycles. The molecule has 0 spiro atoms. The minimum absolute atomic E-state index is 0.181. The summed E-state index contributed by atoms with van der Waals surface area (Å²) >= 11 is 5.12. The zero-order valence-corrected chi connectivity index (χ0v) is 18.2. The summed E-state index contributed by atoms with van der Waals surface area (Å²) in [5, 5.41) is 11.9. The number of rotatable bonds is 7. The Morgan fingerprint density at radius 3 is 2.43 bits per heavy atom. The van der Waals surface area contributed by atoms with E-state index in [1.54, 1.807) is 19.0 Å². The molecule has 1 aliphatic rings. The molecule has 0 aromatic heterocycles. The first kappa shape index (κ1) is 24.1. The van der Waals surface area contributed by atoms with Crippen molar-refractivity contribution in [3.8, 4) is 0 Å². The van der Waals surface area contributed by atoms with E-state index in [9.17, 15) is 31.5 Å². The molecule has 0 saturated carbocycles. The van der Waals surface area contributed by atoms with Crippen molar-refractivity contribution in [2.75, 3.05) is 26.4 Å². The molecular weight excluding hydrogens is 443 g/mol. The number of aliphatic carboxylic acids is 1. The van der Waals surface area contributed by atoms with Gasteiger partial charge in [-0.3, -0.25) is 0 Å². The second-order valence-electron chi connectivity index (χ2n) is 7.02. The topological polar surface area (TPSA) is 90.0 Å². The lowest BCUT2D eigenvalue weighted by molar-refractivity contribution is -0.138. The van der Waals surface area contributed by atoms with Crippen LogP contribution in [0.1, 0.15) is 24.5 Å². The Balaban J connectivity index is 2.76. The normalized spacial score (nSPS) is 18.0. The van der Waals surface area contributed by atoms with E-state index in [-0.39, 0.29) is 11.5 Å². The molecule has 30 heavy (non-hydrogen) atoms. The number of thiocarbonyl (C=S) groups is 1. The summed E-state index contributed by atoms with van der Waals surface area (Å²) in [7, 11) is -0.773. The van der Waals surface area contributed by atoms with Gasteiger partial charge in [-0.2, -0.15) is 13.2 Å². The molecule has 0 fully saturated rings. The van der Waals surface area contributed by atoms with E-state index in [2.05, 4.69) is 5.32 Å². The molecule has 7 nitrogen and oxygen atoms in total. The summed E-state index contributed by atoms with van der Waals surface area (Å²) in [6.45, 7) is 1.80. The molecule has 2 N–H and O–H groups in total. The lowest BCUT2D eigenvalue weighted by Gasteiger charge is -2.37. The smallest absolute Gasteiger partial charge is 0.417 e. The van der Waals surface area contributed by atoms with Gasteiger partial charge in [0, 0.05) is 5.56 Å². The first-order valence-corrected chi connectivity index (χ1v) is 10.9. The van der Waals surface area contributed by atoms with Crippen LogP contribution in [0.4, 0.5) is 13.2 Å². The highest BCUT2D eigenvalue weighted by Gasteiger charge is 2.43. The molecule has 1 aromatic rings. The summed E-state index contributed by atoms with van der Waals surface area (Å²) in [4.78, 5) is 13.7. The van der Waals surface area contributed by atoms with E-state index in [1.165, 1.54) is 13.0 Å². The van der Waals surface area contributed by atoms with Crippen molar-refractivity contribution < 1.29 is 31.5 Å². The maximum Gasteiger partial charge on any atom is 0.417 e. The Kier molecular flexibility index (Phi) is 7.15. The zero-order chi connectivity index (χ0) is 22.9. The van der Waals surface area contributed by atoms with Gasteiger partial charge in [0.1, 0.15) is 0 Å². The fourth-order valence-electron chi connectivity index (χ4n) is 3.13. The van der Waals surface area contributed by atoms with Crippen LogP contribution >= 0.6 is 12.2 Å². The molecule has 12 heteroatoms. The van der Waals surface area contributed by atoms with Crippen molar-refractivity contribution in [2.45, 2.75) is 25.6 Å². The predicted octanol–water partition coefficient (Wildman–Crippen LogP) is 2.36. The van der Waals surface area contributed by atoms with Crippen LogP contribution in [0.2, 0.25) is 0 Å². The van der Waals surface area contributed by atoms with Gasteiger partial charge in [-0.15, -0.1) is 0 Å². The quantitative estimate of drug-likeness (QED) is 0.598. The van der Waals surface area contributed by atoms with Crippen molar-refractivity contribution in [3.05, 3.63) is 41.0 Å². The van der Waals surface area contributed by atoms with Crippen molar-refractivity contribution in [3.63, 3.8) is 0 Å². The Morgan fingerprint density at radius 1 is 1.30 bits per heavy atom. The fraction of sp³-hybridized carbons (Fsp3) is 0.444. The predicted molar refractivity (Wildman–Crippen MR) is 110 cm³/mol. The van der Waals surface area contributed by atoms with Gasteiger partial charge in [0.25, 0.3) is 0 Å². The van der Waals surface area contributed by atoms with Crippen molar-refractivity contribution in [2.24, 2.45) is 0 Å². The van der Waals surface area contributed by atoms with Crippen LogP contribution in [-0.4, -0.2) is 66.2 Å². The lowest BCUT2D eigenvalue weighted by atomic mass is 9.95. The first-order valence-electron chi connectivity index (χ1n) is 8.89. The van der Waals surface area contributed by atoms with Crippen LogP contribution in [0.5, 0.6) is 0 Å². The molecule has 2 rings (SSSR count). The van der Waals surface area contributed by atoms with Gasteiger partial charge >= 0.3 is 12.1 Å². The van der Waals surface area contributed by atoms with Gasteiger partial charge in [0.2, 0.25) is 10.0 Å². The third kappa shape index (κ3) is 5.10. The highest BCUT2D eigenvalue weighted by atomic mass is 32.2. The van der Waals surface area contributed by atoms with Crippen LogP contribution in [0.15, 0.2) is 29.8 Å². The van der Waals surface area contributed by atoms with Crippen LogP contribution in [0.25, 0.3) is 5.70 Å². The van der Waals surface area contributed by atoms with Gasteiger partial charge < -0.3 is 15.3 Å². The fourth-order valence-corrected chi connectivity index (χ4v) is 5.20. The number of sulfonamides is 1. The highest BCUT2D eigenvalue weighted by Crippen LogP contribution is 2.40. The Bertz CT molecular complexity index is 975. The van der Waals surface area contributed by atoms with Crippen LogP contribution in [0.3, 0.4) is 0 Å². The minimum atomic E-state index is -4.83. The molecule has 1 aromatic carbocycles. The number of benzene rings is 1. The summed E-state index contributed by atoms with van der Waals surface area (Å²) in [5.74, 6) is -1.97. The number of halogens is 3. The molecule has 1 unspecified atom stereocenters. The van der Waals surface area contributed by atoms with Crippen LogP contribution in [-0.2, 0) is 21.0 Å². The molecule has 166 valence electrons. The third-order valence-corrected chi connectivity index (χ3v) is 6.56. The van der Waals surface area contributed by atoms with Crippen LogP contribution < -0.4 is 5.32 Å².